The van der Waals surface area contributed by atoms with E-state index < -0.39 is 0 Å². The lowest BCUT2D eigenvalue weighted by atomic mass is 9.78. The molecule has 0 saturated heterocycles. The number of aromatic hydroxyl groups is 1. The SMILES string of the molecule is CCOc1cc2c(cc1C(=O)NC)C(=N)N(CCc1cc(C(C)(C)C)c(O)c(C(C)(C)C)c1)C2. The van der Waals surface area contributed by atoms with E-state index in [1.54, 1.807) is 13.1 Å². The van der Waals surface area contributed by atoms with Crippen LogP contribution in [0.1, 0.15) is 86.6 Å². The summed E-state index contributed by atoms with van der Waals surface area (Å²) >= 11 is 0. The molecule has 0 spiro atoms. The van der Waals surface area contributed by atoms with E-state index >= 15 is 0 Å². The quantitative estimate of drug-likeness (QED) is 0.552. The highest BCUT2D eigenvalue weighted by Crippen LogP contribution is 2.40. The van der Waals surface area contributed by atoms with Crippen molar-refractivity contribution >= 4 is 11.7 Å². The van der Waals surface area contributed by atoms with Gasteiger partial charge in [-0.25, -0.2) is 0 Å². The van der Waals surface area contributed by atoms with E-state index in [9.17, 15) is 9.90 Å². The third-order valence-corrected chi connectivity index (χ3v) is 6.37. The van der Waals surface area contributed by atoms with Crippen LogP contribution >= 0.6 is 0 Å². The standard InChI is InChI=1S/C28H39N3O3/c1-9-34-23-14-18-16-31(25(29)19(18)15-20(23)26(33)30-8)11-10-17-12-21(27(2,3)4)24(32)22(13-17)28(5,6)7/h12-15,29,32H,9-11,16H2,1-8H3,(H,30,33). The minimum Gasteiger partial charge on any atom is -0.507 e. The molecule has 1 heterocycles. The van der Waals surface area contributed by atoms with E-state index in [0.29, 0.717) is 42.6 Å². The van der Waals surface area contributed by atoms with Crippen LogP contribution in [0.25, 0.3) is 0 Å². The summed E-state index contributed by atoms with van der Waals surface area (Å²) in [6, 6.07) is 7.88. The van der Waals surface area contributed by atoms with Gasteiger partial charge in [0.15, 0.2) is 0 Å². The van der Waals surface area contributed by atoms with Gasteiger partial charge >= 0.3 is 0 Å². The number of hydrogen-bond acceptors (Lipinski definition) is 4. The number of benzene rings is 2. The summed E-state index contributed by atoms with van der Waals surface area (Å²) in [7, 11) is 1.60. The number of carbonyl (C=O) groups excluding carboxylic acids is 1. The highest BCUT2D eigenvalue weighted by Gasteiger charge is 2.29. The van der Waals surface area contributed by atoms with Gasteiger partial charge in [0.25, 0.3) is 5.91 Å². The predicted octanol–water partition coefficient (Wildman–Crippen LogP) is 5.13. The van der Waals surface area contributed by atoms with Gasteiger partial charge in [-0.05, 0) is 58.6 Å². The number of carbonyl (C=O) groups is 1. The summed E-state index contributed by atoms with van der Waals surface area (Å²) in [6.45, 7) is 16.3. The Labute approximate surface area is 203 Å². The largest absolute Gasteiger partial charge is 0.507 e. The van der Waals surface area contributed by atoms with Gasteiger partial charge in [0, 0.05) is 25.7 Å². The molecule has 1 amide bonds. The van der Waals surface area contributed by atoms with Crippen LogP contribution in [0, 0.1) is 5.41 Å². The molecule has 0 saturated carbocycles. The van der Waals surface area contributed by atoms with Crippen LogP contribution in [-0.2, 0) is 23.8 Å². The van der Waals surface area contributed by atoms with Crippen LogP contribution < -0.4 is 10.1 Å². The van der Waals surface area contributed by atoms with Crippen molar-refractivity contribution in [2.45, 2.75) is 72.3 Å². The molecule has 0 bridgehead atoms. The van der Waals surface area contributed by atoms with E-state index in [2.05, 4.69) is 59.0 Å². The molecule has 6 nitrogen and oxygen atoms in total. The van der Waals surface area contributed by atoms with Crippen molar-refractivity contribution < 1.29 is 14.6 Å². The first-order valence-electron chi connectivity index (χ1n) is 12.0. The molecule has 0 atom stereocenters. The zero-order valence-electron chi connectivity index (χ0n) is 21.8. The minimum absolute atomic E-state index is 0.178. The number of nitrogens with zero attached hydrogens (tertiary/aromatic N) is 1. The topological polar surface area (TPSA) is 85.7 Å². The van der Waals surface area contributed by atoms with Gasteiger partial charge < -0.3 is 20.1 Å². The number of phenols is 1. The molecule has 3 N–H and O–H groups in total. The third kappa shape index (κ3) is 5.06. The Morgan fingerprint density at radius 1 is 1.09 bits per heavy atom. The lowest BCUT2D eigenvalue weighted by molar-refractivity contribution is 0.0959. The van der Waals surface area contributed by atoms with E-state index in [1.165, 1.54) is 0 Å². The number of rotatable bonds is 6. The Hall–Kier alpha value is -3.02. The fraction of sp³-hybridized carbons (Fsp3) is 0.500. The van der Waals surface area contributed by atoms with E-state index in [0.717, 1.165) is 34.2 Å². The fourth-order valence-electron chi connectivity index (χ4n) is 4.45. The lowest BCUT2D eigenvalue weighted by Crippen LogP contribution is -2.27. The summed E-state index contributed by atoms with van der Waals surface area (Å²) in [5, 5.41) is 22.4. The first kappa shape index (κ1) is 25.6. The number of nitrogens with one attached hydrogen (secondary N) is 2. The lowest BCUT2D eigenvalue weighted by Gasteiger charge is -2.28. The molecule has 1 aliphatic heterocycles. The summed E-state index contributed by atoms with van der Waals surface area (Å²) < 4.78 is 5.71. The molecule has 34 heavy (non-hydrogen) atoms. The van der Waals surface area contributed by atoms with Crippen molar-refractivity contribution in [1.29, 1.82) is 5.41 Å². The molecule has 0 radical (unpaired) electrons. The van der Waals surface area contributed by atoms with E-state index in [1.807, 2.05) is 17.9 Å². The molecule has 0 aromatic heterocycles. The summed E-state index contributed by atoms with van der Waals surface area (Å²) in [6.07, 6.45) is 0.753. The van der Waals surface area contributed by atoms with Crippen molar-refractivity contribution in [2.24, 2.45) is 0 Å². The first-order valence-corrected chi connectivity index (χ1v) is 12.0. The molecule has 184 valence electrons. The van der Waals surface area contributed by atoms with Crippen molar-refractivity contribution in [3.05, 3.63) is 57.6 Å². The van der Waals surface area contributed by atoms with Gasteiger partial charge in [0.1, 0.15) is 17.3 Å². The highest BCUT2D eigenvalue weighted by molar-refractivity contribution is 6.05. The second-order valence-electron chi connectivity index (χ2n) is 11.1. The maximum absolute atomic E-state index is 12.4. The predicted molar refractivity (Wildman–Crippen MR) is 137 cm³/mol. The average Bonchev–Trinajstić information content (AvgIpc) is 3.05. The highest BCUT2D eigenvalue weighted by atomic mass is 16.5. The zero-order chi connectivity index (χ0) is 25.4. The average molecular weight is 466 g/mol. The van der Waals surface area contributed by atoms with Crippen molar-refractivity contribution in [3.8, 4) is 11.5 Å². The van der Waals surface area contributed by atoms with Gasteiger partial charge in [-0.1, -0.05) is 53.7 Å². The Morgan fingerprint density at radius 2 is 1.68 bits per heavy atom. The summed E-state index contributed by atoms with van der Waals surface area (Å²) in [5.41, 5.74) is 4.93. The van der Waals surface area contributed by atoms with E-state index in [-0.39, 0.29) is 16.7 Å². The first-order chi connectivity index (χ1) is 15.8. The van der Waals surface area contributed by atoms with Crippen LogP contribution in [0.2, 0.25) is 0 Å². The van der Waals surface area contributed by atoms with Crippen LogP contribution in [0.4, 0.5) is 0 Å². The number of amidine groups is 1. The molecule has 6 heteroatoms. The molecule has 2 aromatic rings. The molecule has 2 aromatic carbocycles. The Balaban J connectivity index is 1.88. The number of phenolic OH excluding ortho intramolecular Hbond substituents is 1. The van der Waals surface area contributed by atoms with Gasteiger partial charge in [-0.3, -0.25) is 10.2 Å². The normalized spacial score (nSPS) is 13.8. The monoisotopic (exact) mass is 465 g/mol. The van der Waals surface area contributed by atoms with Crippen LogP contribution in [0.15, 0.2) is 24.3 Å². The van der Waals surface area contributed by atoms with Gasteiger partial charge in [-0.2, -0.15) is 0 Å². The molecular weight excluding hydrogens is 426 g/mol. The van der Waals surface area contributed by atoms with Crippen molar-refractivity contribution in [3.63, 3.8) is 0 Å². The molecule has 0 aliphatic carbocycles. The molecule has 1 aliphatic rings. The Bertz CT molecular complexity index is 1070. The molecule has 0 fully saturated rings. The zero-order valence-corrected chi connectivity index (χ0v) is 21.8. The maximum Gasteiger partial charge on any atom is 0.254 e. The van der Waals surface area contributed by atoms with Crippen molar-refractivity contribution in [2.75, 3.05) is 20.2 Å². The second kappa shape index (κ2) is 9.32. The fourth-order valence-corrected chi connectivity index (χ4v) is 4.45. The minimum atomic E-state index is -0.217. The number of amides is 1. The summed E-state index contributed by atoms with van der Waals surface area (Å²) in [4.78, 5) is 14.4. The maximum atomic E-state index is 12.4. The molecule has 0 unspecified atom stereocenters. The van der Waals surface area contributed by atoms with Crippen LogP contribution in [-0.4, -0.2) is 41.9 Å². The van der Waals surface area contributed by atoms with Crippen LogP contribution in [0.3, 0.4) is 0 Å². The van der Waals surface area contributed by atoms with Crippen LogP contribution in [0.5, 0.6) is 11.5 Å². The van der Waals surface area contributed by atoms with Gasteiger partial charge in [0.2, 0.25) is 0 Å². The third-order valence-electron chi connectivity index (χ3n) is 6.37. The smallest absolute Gasteiger partial charge is 0.254 e. The second-order valence-corrected chi connectivity index (χ2v) is 11.1. The Morgan fingerprint density at radius 3 is 2.18 bits per heavy atom. The van der Waals surface area contributed by atoms with Gasteiger partial charge in [0.05, 0.1) is 12.2 Å². The van der Waals surface area contributed by atoms with E-state index in [4.69, 9.17) is 10.1 Å². The van der Waals surface area contributed by atoms with Gasteiger partial charge in [-0.15, -0.1) is 0 Å². The Kier molecular flexibility index (Phi) is 7.02. The number of ether oxygens (including phenoxy) is 1. The molecular formula is C28H39N3O3. The van der Waals surface area contributed by atoms with Crippen molar-refractivity contribution in [1.82, 2.24) is 10.2 Å². The summed E-state index contributed by atoms with van der Waals surface area (Å²) in [5.74, 6) is 1.15. The number of fused-ring (bicyclic) bond motifs is 1. The molecule has 3 rings (SSSR count). The number of hydrogen-bond donors (Lipinski definition) is 3.